The van der Waals surface area contributed by atoms with Crippen LogP contribution in [0.4, 0.5) is 0 Å². The highest BCUT2D eigenvalue weighted by atomic mass is 32.1. The number of thiazole rings is 1. The first kappa shape index (κ1) is 16.1. The summed E-state index contributed by atoms with van der Waals surface area (Å²) in [4.78, 5) is 21.2. The van der Waals surface area contributed by atoms with Crippen LogP contribution in [-0.2, 0) is 0 Å². The lowest BCUT2D eigenvalue weighted by Crippen LogP contribution is -2.30. The van der Waals surface area contributed by atoms with Crippen LogP contribution in [0.3, 0.4) is 0 Å². The first-order valence-corrected chi connectivity index (χ1v) is 9.75. The molecule has 3 heterocycles. The van der Waals surface area contributed by atoms with Gasteiger partial charge >= 0.3 is 0 Å². The van der Waals surface area contributed by atoms with Gasteiger partial charge in [0.1, 0.15) is 5.01 Å². The van der Waals surface area contributed by atoms with Gasteiger partial charge in [-0.1, -0.05) is 30.3 Å². The van der Waals surface area contributed by atoms with E-state index in [1.165, 1.54) is 4.80 Å². The minimum atomic E-state index is -0.0843. The second-order valence-corrected chi connectivity index (χ2v) is 7.59. The number of benzene rings is 2. The maximum absolute atomic E-state index is 13.1. The minimum absolute atomic E-state index is 0.0109. The van der Waals surface area contributed by atoms with Crippen molar-refractivity contribution >= 4 is 27.5 Å². The third-order valence-corrected chi connectivity index (χ3v) is 5.94. The van der Waals surface area contributed by atoms with Crippen LogP contribution in [0, 0.1) is 0 Å². The number of aromatic nitrogens is 4. The third kappa shape index (κ3) is 2.90. The maximum atomic E-state index is 13.1. The molecule has 1 amide bonds. The van der Waals surface area contributed by atoms with Crippen LogP contribution in [-0.4, -0.2) is 37.3 Å². The molecule has 0 unspecified atom stereocenters. The van der Waals surface area contributed by atoms with Gasteiger partial charge in [-0.3, -0.25) is 4.79 Å². The molecule has 27 heavy (non-hydrogen) atoms. The first-order chi connectivity index (χ1) is 13.3. The van der Waals surface area contributed by atoms with E-state index in [0.717, 1.165) is 40.3 Å². The van der Waals surface area contributed by atoms with Crippen molar-refractivity contribution in [2.45, 2.75) is 18.9 Å². The topological polar surface area (TPSA) is 63.9 Å². The van der Waals surface area contributed by atoms with E-state index in [2.05, 4.69) is 16.3 Å². The molecule has 0 saturated carbocycles. The van der Waals surface area contributed by atoms with E-state index in [4.69, 9.17) is 4.98 Å². The van der Waals surface area contributed by atoms with Crippen molar-refractivity contribution in [2.75, 3.05) is 6.54 Å². The summed E-state index contributed by atoms with van der Waals surface area (Å²) in [6.07, 6.45) is 3.45. The van der Waals surface area contributed by atoms with Gasteiger partial charge < -0.3 is 4.90 Å². The van der Waals surface area contributed by atoms with Gasteiger partial charge in [0.2, 0.25) is 0 Å². The van der Waals surface area contributed by atoms with Crippen LogP contribution in [0.25, 0.3) is 15.9 Å². The summed E-state index contributed by atoms with van der Waals surface area (Å²) in [5, 5.41) is 9.65. The highest BCUT2D eigenvalue weighted by Crippen LogP contribution is 2.37. The zero-order valence-electron chi connectivity index (χ0n) is 14.5. The van der Waals surface area contributed by atoms with Gasteiger partial charge in [0, 0.05) is 6.54 Å². The Bertz CT molecular complexity index is 1070. The fourth-order valence-corrected chi connectivity index (χ4v) is 4.61. The van der Waals surface area contributed by atoms with Crippen molar-refractivity contribution in [3.8, 4) is 5.69 Å². The summed E-state index contributed by atoms with van der Waals surface area (Å²) in [5.41, 5.74) is 2.19. The smallest absolute Gasteiger partial charge is 0.276 e. The molecule has 0 bridgehead atoms. The van der Waals surface area contributed by atoms with Crippen molar-refractivity contribution in [3.05, 3.63) is 71.5 Å². The quantitative estimate of drug-likeness (QED) is 0.545. The Hall–Kier alpha value is -3.06. The number of rotatable bonds is 3. The molecule has 0 spiro atoms. The molecule has 134 valence electrons. The Morgan fingerprint density at radius 3 is 2.74 bits per heavy atom. The van der Waals surface area contributed by atoms with Gasteiger partial charge in [0.15, 0.2) is 5.69 Å². The van der Waals surface area contributed by atoms with Crippen LogP contribution in [0.1, 0.15) is 34.4 Å². The van der Waals surface area contributed by atoms with Crippen molar-refractivity contribution in [3.63, 3.8) is 0 Å². The zero-order chi connectivity index (χ0) is 18.2. The molecule has 1 fully saturated rings. The van der Waals surface area contributed by atoms with Gasteiger partial charge in [-0.25, -0.2) is 4.98 Å². The lowest BCUT2D eigenvalue weighted by atomic mass is 10.2. The van der Waals surface area contributed by atoms with Gasteiger partial charge in [-0.15, -0.1) is 16.4 Å². The van der Waals surface area contributed by atoms with Gasteiger partial charge in [-0.05, 0) is 37.1 Å². The summed E-state index contributed by atoms with van der Waals surface area (Å²) < 4.78 is 1.15. The van der Waals surface area contributed by atoms with Crippen LogP contribution in [0.2, 0.25) is 0 Å². The molecular formula is C20H17N5OS. The number of carbonyl (C=O) groups excluding carboxylic acids is 1. The van der Waals surface area contributed by atoms with Crippen molar-refractivity contribution < 1.29 is 4.79 Å². The van der Waals surface area contributed by atoms with Crippen LogP contribution in [0.5, 0.6) is 0 Å². The summed E-state index contributed by atoms with van der Waals surface area (Å²) in [6, 6.07) is 17.7. The number of para-hydroxylation sites is 2. The number of fused-ring (bicyclic) bond motifs is 1. The average Bonchev–Trinajstić information content (AvgIpc) is 3.46. The standard InChI is InChI=1S/C20H17N5OS/c26-20(16-13-21-25(23-16)14-7-2-1-3-8-14)24-12-6-10-17(24)19-22-15-9-4-5-11-18(15)27-19/h1-5,7-9,11,13,17H,6,10,12H2/t17-/m1/s1. The van der Waals surface area contributed by atoms with Crippen molar-refractivity contribution in [2.24, 2.45) is 0 Å². The van der Waals surface area contributed by atoms with Crippen molar-refractivity contribution in [1.29, 1.82) is 0 Å². The largest absolute Gasteiger partial charge is 0.328 e. The number of carbonyl (C=O) groups is 1. The first-order valence-electron chi connectivity index (χ1n) is 8.94. The SMILES string of the molecule is O=C(c1cnn(-c2ccccc2)n1)N1CCC[C@@H]1c1nc2ccccc2s1. The predicted octanol–water partition coefficient (Wildman–Crippen LogP) is 3.85. The number of hydrogen-bond donors (Lipinski definition) is 0. The van der Waals surface area contributed by atoms with Crippen LogP contribution >= 0.6 is 11.3 Å². The monoisotopic (exact) mass is 375 g/mol. The molecule has 0 N–H and O–H groups in total. The van der Waals surface area contributed by atoms with Gasteiger partial charge in [0.25, 0.3) is 5.91 Å². The zero-order valence-corrected chi connectivity index (χ0v) is 15.3. The molecule has 0 radical (unpaired) electrons. The molecule has 0 aliphatic carbocycles. The maximum Gasteiger partial charge on any atom is 0.276 e. The molecule has 6 nitrogen and oxygen atoms in total. The number of likely N-dealkylation sites (tertiary alicyclic amines) is 1. The van der Waals surface area contributed by atoms with E-state index in [-0.39, 0.29) is 11.9 Å². The Balaban J connectivity index is 1.43. The minimum Gasteiger partial charge on any atom is -0.328 e. The van der Waals surface area contributed by atoms with Crippen molar-refractivity contribution in [1.82, 2.24) is 24.9 Å². The molecule has 5 rings (SSSR count). The van der Waals surface area contributed by atoms with E-state index in [1.54, 1.807) is 17.5 Å². The van der Waals surface area contributed by atoms with Crippen LogP contribution < -0.4 is 0 Å². The highest BCUT2D eigenvalue weighted by molar-refractivity contribution is 7.18. The lowest BCUT2D eigenvalue weighted by molar-refractivity contribution is 0.0729. The van der Waals surface area contributed by atoms with Gasteiger partial charge in [-0.2, -0.15) is 9.90 Å². The molecule has 1 atom stereocenters. The van der Waals surface area contributed by atoms with E-state index >= 15 is 0 Å². The number of amides is 1. The summed E-state index contributed by atoms with van der Waals surface area (Å²) in [6.45, 7) is 0.720. The fourth-order valence-electron chi connectivity index (χ4n) is 3.49. The van der Waals surface area contributed by atoms with Gasteiger partial charge in [0.05, 0.1) is 28.1 Å². The Morgan fingerprint density at radius 1 is 1.07 bits per heavy atom. The Morgan fingerprint density at radius 2 is 1.89 bits per heavy atom. The average molecular weight is 375 g/mol. The Kier molecular flexibility index (Phi) is 3.94. The summed E-state index contributed by atoms with van der Waals surface area (Å²) in [7, 11) is 0. The molecule has 2 aromatic carbocycles. The van der Waals surface area contributed by atoms with E-state index in [9.17, 15) is 4.79 Å². The molecule has 7 heteroatoms. The Labute approximate surface area is 160 Å². The second kappa shape index (κ2) is 6.59. The summed E-state index contributed by atoms with van der Waals surface area (Å²) >= 11 is 1.67. The lowest BCUT2D eigenvalue weighted by Gasteiger charge is -2.21. The fraction of sp³-hybridized carbons (Fsp3) is 0.200. The normalized spacial score (nSPS) is 16.9. The molecule has 1 aliphatic heterocycles. The van der Waals surface area contributed by atoms with E-state index < -0.39 is 0 Å². The summed E-state index contributed by atoms with van der Waals surface area (Å²) in [5.74, 6) is -0.0843. The third-order valence-electron chi connectivity index (χ3n) is 4.81. The molecule has 1 aliphatic rings. The molecule has 2 aromatic heterocycles. The molecule has 1 saturated heterocycles. The highest BCUT2D eigenvalue weighted by Gasteiger charge is 2.34. The van der Waals surface area contributed by atoms with E-state index in [1.807, 2.05) is 53.4 Å². The predicted molar refractivity (Wildman–Crippen MR) is 104 cm³/mol. The van der Waals surface area contributed by atoms with Crippen LogP contribution in [0.15, 0.2) is 60.8 Å². The van der Waals surface area contributed by atoms with E-state index in [0.29, 0.717) is 5.69 Å². The number of nitrogens with zero attached hydrogens (tertiary/aromatic N) is 5. The molecule has 4 aromatic rings. The molecular weight excluding hydrogens is 358 g/mol. The second-order valence-electron chi connectivity index (χ2n) is 6.53. The number of hydrogen-bond acceptors (Lipinski definition) is 5.